The lowest BCUT2D eigenvalue weighted by molar-refractivity contribution is 0.0273. The van der Waals surface area contributed by atoms with E-state index in [-0.39, 0.29) is 5.54 Å². The Morgan fingerprint density at radius 2 is 2.10 bits per heavy atom. The minimum Gasteiger partial charge on any atom is -0.496 e. The summed E-state index contributed by atoms with van der Waals surface area (Å²) in [6.07, 6.45) is 2.33. The molecule has 0 amide bonds. The zero-order valence-corrected chi connectivity index (χ0v) is 15.2. The minimum absolute atomic E-state index is 0.250. The molecule has 4 heteroatoms. The molecule has 1 fully saturated rings. The van der Waals surface area contributed by atoms with E-state index in [1.807, 2.05) is 12.1 Å². The molecule has 1 unspecified atom stereocenters. The second-order valence-electron chi connectivity index (χ2n) is 6.05. The Labute approximate surface area is 137 Å². The van der Waals surface area contributed by atoms with E-state index in [0.717, 1.165) is 29.9 Å². The van der Waals surface area contributed by atoms with Crippen molar-refractivity contribution in [2.24, 2.45) is 0 Å². The number of ether oxygens (including phenoxy) is 1. The number of piperazine rings is 1. The van der Waals surface area contributed by atoms with Gasteiger partial charge in [0.15, 0.2) is 0 Å². The van der Waals surface area contributed by atoms with Gasteiger partial charge in [-0.1, -0.05) is 29.8 Å². The summed E-state index contributed by atoms with van der Waals surface area (Å²) >= 11 is 3.58. The Balaban J connectivity index is 2.28. The topological polar surface area (TPSA) is 24.5 Å². The number of hydrogen-bond donors (Lipinski definition) is 1. The van der Waals surface area contributed by atoms with Gasteiger partial charge in [-0.05, 0) is 38.0 Å². The monoisotopic (exact) mass is 354 g/mol. The van der Waals surface area contributed by atoms with Gasteiger partial charge < -0.3 is 10.1 Å². The molecule has 0 radical (unpaired) electrons. The summed E-state index contributed by atoms with van der Waals surface area (Å²) < 4.78 is 6.65. The summed E-state index contributed by atoms with van der Waals surface area (Å²) in [6.45, 7) is 9.95. The first-order chi connectivity index (χ1) is 10.0. The fourth-order valence-corrected chi connectivity index (χ4v) is 3.73. The lowest BCUT2D eigenvalue weighted by atomic mass is 9.87. The molecule has 0 spiro atoms. The van der Waals surface area contributed by atoms with Crippen LogP contribution in [0.5, 0.6) is 5.75 Å². The van der Waals surface area contributed by atoms with Crippen LogP contribution in [0.2, 0.25) is 0 Å². The standard InChI is InChI=1S/C17H27BrN2O/c1-5-17(6-2)12-19-13(3)10-20(17)11-14-9-15(18)7-8-16(14)21-4/h7-9,13,19H,5-6,10-12H2,1-4H3. The molecule has 1 aromatic rings. The Hall–Kier alpha value is -0.580. The molecule has 2 rings (SSSR count). The fourth-order valence-electron chi connectivity index (χ4n) is 3.32. The smallest absolute Gasteiger partial charge is 0.123 e. The molecule has 1 aliphatic rings. The van der Waals surface area contributed by atoms with Crippen molar-refractivity contribution in [2.45, 2.75) is 51.7 Å². The summed E-state index contributed by atoms with van der Waals surface area (Å²) in [5.74, 6) is 0.977. The molecule has 0 aromatic heterocycles. The maximum atomic E-state index is 5.54. The average Bonchev–Trinajstić information content (AvgIpc) is 2.48. The van der Waals surface area contributed by atoms with E-state index in [9.17, 15) is 0 Å². The van der Waals surface area contributed by atoms with Gasteiger partial charge in [0.05, 0.1) is 7.11 Å². The van der Waals surface area contributed by atoms with E-state index in [0.29, 0.717) is 6.04 Å². The first-order valence-electron chi connectivity index (χ1n) is 7.85. The minimum atomic E-state index is 0.250. The van der Waals surface area contributed by atoms with Crippen molar-refractivity contribution >= 4 is 15.9 Å². The second kappa shape index (κ2) is 7.12. The van der Waals surface area contributed by atoms with Crippen LogP contribution >= 0.6 is 15.9 Å². The van der Waals surface area contributed by atoms with Crippen molar-refractivity contribution in [3.8, 4) is 5.75 Å². The number of nitrogens with one attached hydrogen (secondary N) is 1. The van der Waals surface area contributed by atoms with Gasteiger partial charge in [-0.2, -0.15) is 0 Å². The zero-order chi connectivity index (χ0) is 15.5. The molecule has 1 aromatic carbocycles. The van der Waals surface area contributed by atoms with Gasteiger partial charge in [0.2, 0.25) is 0 Å². The number of methoxy groups -OCH3 is 1. The van der Waals surface area contributed by atoms with E-state index in [1.165, 1.54) is 18.4 Å². The largest absolute Gasteiger partial charge is 0.496 e. The summed E-state index contributed by atoms with van der Waals surface area (Å²) in [7, 11) is 1.75. The third-order valence-electron chi connectivity index (χ3n) is 4.86. The maximum absolute atomic E-state index is 5.54. The molecule has 3 nitrogen and oxygen atoms in total. The molecule has 0 aliphatic carbocycles. The normalized spacial score (nSPS) is 22.2. The summed E-state index contributed by atoms with van der Waals surface area (Å²) in [5.41, 5.74) is 1.51. The van der Waals surface area contributed by atoms with Crippen molar-refractivity contribution in [3.05, 3.63) is 28.2 Å². The second-order valence-corrected chi connectivity index (χ2v) is 6.97. The molecule has 1 aliphatic heterocycles. The van der Waals surface area contributed by atoms with Gasteiger partial charge in [0, 0.05) is 41.3 Å². The van der Waals surface area contributed by atoms with Crippen LogP contribution in [0.15, 0.2) is 22.7 Å². The van der Waals surface area contributed by atoms with Crippen LogP contribution in [0.3, 0.4) is 0 Å². The van der Waals surface area contributed by atoms with Gasteiger partial charge in [0.25, 0.3) is 0 Å². The van der Waals surface area contributed by atoms with Crippen LogP contribution in [0.4, 0.5) is 0 Å². The number of halogens is 1. The van der Waals surface area contributed by atoms with Gasteiger partial charge in [-0.15, -0.1) is 0 Å². The van der Waals surface area contributed by atoms with Gasteiger partial charge in [-0.25, -0.2) is 0 Å². The zero-order valence-electron chi connectivity index (χ0n) is 13.6. The van der Waals surface area contributed by atoms with Crippen LogP contribution in [-0.4, -0.2) is 36.7 Å². The van der Waals surface area contributed by atoms with Crippen LogP contribution in [0.25, 0.3) is 0 Å². The van der Waals surface area contributed by atoms with Crippen molar-refractivity contribution < 1.29 is 4.74 Å². The number of hydrogen-bond acceptors (Lipinski definition) is 3. The first-order valence-corrected chi connectivity index (χ1v) is 8.64. The summed E-state index contributed by atoms with van der Waals surface area (Å²) in [6, 6.07) is 6.80. The highest BCUT2D eigenvalue weighted by molar-refractivity contribution is 9.10. The summed E-state index contributed by atoms with van der Waals surface area (Å²) in [4.78, 5) is 2.64. The SMILES string of the molecule is CCC1(CC)CNC(C)CN1Cc1cc(Br)ccc1OC. The van der Waals surface area contributed by atoms with E-state index < -0.39 is 0 Å². The Bertz CT molecular complexity index is 474. The lowest BCUT2D eigenvalue weighted by Gasteiger charge is -2.49. The molecule has 1 saturated heterocycles. The highest BCUT2D eigenvalue weighted by Gasteiger charge is 2.37. The van der Waals surface area contributed by atoms with E-state index >= 15 is 0 Å². The fraction of sp³-hybridized carbons (Fsp3) is 0.647. The van der Waals surface area contributed by atoms with Gasteiger partial charge in [0.1, 0.15) is 5.75 Å². The third-order valence-corrected chi connectivity index (χ3v) is 5.36. The Morgan fingerprint density at radius 1 is 1.38 bits per heavy atom. The number of nitrogens with zero attached hydrogens (tertiary/aromatic N) is 1. The van der Waals surface area contributed by atoms with Crippen LogP contribution in [0.1, 0.15) is 39.2 Å². The molecular weight excluding hydrogens is 328 g/mol. The number of rotatable bonds is 5. The quantitative estimate of drug-likeness (QED) is 0.869. The molecular formula is C17H27BrN2O. The molecule has 1 heterocycles. The van der Waals surface area contributed by atoms with Gasteiger partial charge >= 0.3 is 0 Å². The summed E-state index contributed by atoms with van der Waals surface area (Å²) in [5, 5.41) is 3.65. The number of benzene rings is 1. The molecule has 1 N–H and O–H groups in total. The highest BCUT2D eigenvalue weighted by atomic mass is 79.9. The molecule has 21 heavy (non-hydrogen) atoms. The highest BCUT2D eigenvalue weighted by Crippen LogP contribution is 2.32. The van der Waals surface area contributed by atoms with E-state index in [1.54, 1.807) is 7.11 Å². The molecule has 1 atom stereocenters. The Morgan fingerprint density at radius 3 is 2.71 bits per heavy atom. The average molecular weight is 355 g/mol. The van der Waals surface area contributed by atoms with Crippen molar-refractivity contribution in [2.75, 3.05) is 20.2 Å². The van der Waals surface area contributed by atoms with E-state index in [2.05, 4.69) is 53.0 Å². The Kier molecular flexibility index (Phi) is 5.69. The van der Waals surface area contributed by atoms with Crippen molar-refractivity contribution in [1.82, 2.24) is 10.2 Å². The third kappa shape index (κ3) is 3.61. The maximum Gasteiger partial charge on any atom is 0.123 e. The van der Waals surface area contributed by atoms with Crippen LogP contribution in [0, 0.1) is 0 Å². The predicted octanol–water partition coefficient (Wildman–Crippen LogP) is 3.81. The van der Waals surface area contributed by atoms with Crippen molar-refractivity contribution in [1.29, 1.82) is 0 Å². The molecule has 0 bridgehead atoms. The van der Waals surface area contributed by atoms with Crippen molar-refractivity contribution in [3.63, 3.8) is 0 Å². The first kappa shape index (κ1) is 16.8. The van der Waals surface area contributed by atoms with Gasteiger partial charge in [-0.3, -0.25) is 4.90 Å². The lowest BCUT2D eigenvalue weighted by Crippen LogP contribution is -2.63. The van der Waals surface area contributed by atoms with E-state index in [4.69, 9.17) is 4.74 Å². The predicted molar refractivity (Wildman–Crippen MR) is 91.9 cm³/mol. The van der Waals surface area contributed by atoms with Crippen LogP contribution in [-0.2, 0) is 6.54 Å². The van der Waals surface area contributed by atoms with Crippen LogP contribution < -0.4 is 10.1 Å². The molecule has 0 saturated carbocycles. The molecule has 118 valence electrons.